The number of hydrogen-bond acceptors (Lipinski definition) is 5. The van der Waals surface area contributed by atoms with Crippen molar-refractivity contribution in [3.8, 4) is 28.5 Å². The molecule has 6 rings (SSSR count). The lowest BCUT2D eigenvalue weighted by Crippen LogP contribution is -2.17. The molecule has 0 unspecified atom stereocenters. The van der Waals surface area contributed by atoms with Gasteiger partial charge < -0.3 is 19.9 Å². The first-order chi connectivity index (χ1) is 18.1. The molecule has 5 aromatic carbocycles. The summed E-state index contributed by atoms with van der Waals surface area (Å²) in [5, 5.41) is 24.8. The average Bonchev–Trinajstić information content (AvgIpc) is 2.91. The minimum absolute atomic E-state index is 0.105. The quantitative estimate of drug-likeness (QED) is 0.216. The molecule has 0 bridgehead atoms. The number of nitrogens with one attached hydrogen (secondary N) is 1. The normalized spacial score (nSPS) is 12.1. The summed E-state index contributed by atoms with van der Waals surface area (Å²) in [4.78, 5) is 21.8. The summed E-state index contributed by atoms with van der Waals surface area (Å²) in [5.74, 6) is 1.23. The highest BCUT2D eigenvalue weighted by molar-refractivity contribution is 6.24. The lowest BCUT2D eigenvalue weighted by Gasteiger charge is -2.18. The zero-order valence-corrected chi connectivity index (χ0v) is 20.2. The third kappa shape index (κ3) is 3.79. The fourth-order valence-electron chi connectivity index (χ4n) is 5.02. The van der Waals surface area contributed by atoms with Gasteiger partial charge in [0.2, 0.25) is 0 Å². The van der Waals surface area contributed by atoms with Crippen molar-refractivity contribution in [2.45, 2.75) is 6.92 Å². The van der Waals surface area contributed by atoms with Crippen molar-refractivity contribution in [3.05, 3.63) is 106 Å². The average molecular weight is 489 g/mol. The fourth-order valence-corrected chi connectivity index (χ4v) is 5.02. The molecule has 3 N–H and O–H groups in total. The van der Waals surface area contributed by atoms with Crippen LogP contribution in [0.3, 0.4) is 0 Å². The Bertz CT molecular complexity index is 1920. The van der Waals surface area contributed by atoms with Gasteiger partial charge in [0.05, 0.1) is 35.0 Å². The molecule has 6 heteroatoms. The van der Waals surface area contributed by atoms with Gasteiger partial charge in [0, 0.05) is 34.0 Å². The number of ether oxygens (including phenoxy) is 1. The molecule has 1 heterocycles. The van der Waals surface area contributed by atoms with Crippen molar-refractivity contribution in [2.24, 2.45) is 4.99 Å². The molecule has 0 aliphatic carbocycles. The van der Waals surface area contributed by atoms with Gasteiger partial charge >= 0.3 is 0 Å². The molecule has 182 valence electrons. The monoisotopic (exact) mass is 488 g/mol. The number of aliphatic hydroxyl groups is 1. The smallest absolute Gasteiger partial charge is 0.196 e. The standard InChI is InChI=1S/C31H24N2O4/c1-18-7-6-8-19(15-18)37-26-16-24(32-13-14-34)28-27-23(20-9-2-3-10-21(20)31(28)36)17-33-30(29(26)27)22-11-4-5-12-25(22)35/h2-12,15-17,33-35H,13-14H2,1H3. The topological polar surface area (TPSA) is 94.9 Å². The molecule has 0 saturated carbocycles. The first-order valence-electron chi connectivity index (χ1n) is 12.1. The van der Waals surface area contributed by atoms with E-state index in [4.69, 9.17) is 4.74 Å². The molecular weight excluding hydrogens is 464 g/mol. The predicted octanol–water partition coefficient (Wildman–Crippen LogP) is 5.64. The van der Waals surface area contributed by atoms with Crippen LogP contribution in [0.25, 0.3) is 43.6 Å². The molecule has 0 atom stereocenters. The molecular formula is C31H24N2O4. The molecule has 0 aliphatic heterocycles. The van der Waals surface area contributed by atoms with Crippen molar-refractivity contribution in [1.29, 1.82) is 0 Å². The predicted molar refractivity (Wildman–Crippen MR) is 147 cm³/mol. The third-order valence-corrected chi connectivity index (χ3v) is 6.61. The van der Waals surface area contributed by atoms with Gasteiger partial charge in [-0.3, -0.25) is 9.79 Å². The number of aromatic hydroxyl groups is 1. The zero-order chi connectivity index (χ0) is 25.5. The van der Waals surface area contributed by atoms with E-state index in [2.05, 4.69) is 9.98 Å². The van der Waals surface area contributed by atoms with Crippen LogP contribution in [0.1, 0.15) is 5.56 Å². The number of nitrogens with zero attached hydrogens (tertiary/aromatic N) is 1. The van der Waals surface area contributed by atoms with E-state index in [1.165, 1.54) is 0 Å². The van der Waals surface area contributed by atoms with Crippen LogP contribution in [-0.4, -0.2) is 28.3 Å². The summed E-state index contributed by atoms with van der Waals surface area (Å²) < 4.78 is 6.46. The Kier molecular flexibility index (Phi) is 5.58. The van der Waals surface area contributed by atoms with Crippen molar-refractivity contribution < 1.29 is 14.9 Å². The Labute approximate surface area is 212 Å². The van der Waals surface area contributed by atoms with Crippen molar-refractivity contribution in [3.63, 3.8) is 0 Å². The molecule has 0 radical (unpaired) electrons. The van der Waals surface area contributed by atoms with Gasteiger partial charge in [0.25, 0.3) is 0 Å². The fraction of sp³-hybridized carbons (Fsp3) is 0.0968. The van der Waals surface area contributed by atoms with Crippen molar-refractivity contribution in [2.75, 3.05) is 13.2 Å². The van der Waals surface area contributed by atoms with E-state index in [1.807, 2.05) is 73.8 Å². The summed E-state index contributed by atoms with van der Waals surface area (Å²) in [6, 6.07) is 24.0. The Morgan fingerprint density at radius 1 is 0.865 bits per heavy atom. The summed E-state index contributed by atoms with van der Waals surface area (Å²) in [5.41, 5.74) is 2.12. The van der Waals surface area contributed by atoms with E-state index in [1.54, 1.807) is 18.2 Å². The Hall–Kier alpha value is -4.68. The number of pyridine rings is 1. The van der Waals surface area contributed by atoms with Gasteiger partial charge in [-0.15, -0.1) is 0 Å². The summed E-state index contributed by atoms with van der Waals surface area (Å²) >= 11 is 0. The lowest BCUT2D eigenvalue weighted by molar-refractivity contribution is 0.306. The lowest BCUT2D eigenvalue weighted by atomic mass is 9.92. The second-order valence-electron chi connectivity index (χ2n) is 9.01. The van der Waals surface area contributed by atoms with Gasteiger partial charge in [-0.2, -0.15) is 0 Å². The number of para-hydroxylation sites is 1. The van der Waals surface area contributed by atoms with E-state index in [-0.39, 0.29) is 24.3 Å². The second-order valence-corrected chi connectivity index (χ2v) is 9.01. The van der Waals surface area contributed by atoms with Crippen molar-refractivity contribution >= 4 is 32.3 Å². The largest absolute Gasteiger partial charge is 0.507 e. The molecule has 0 fully saturated rings. The van der Waals surface area contributed by atoms with Gasteiger partial charge in [0.1, 0.15) is 17.2 Å². The van der Waals surface area contributed by atoms with E-state index in [9.17, 15) is 15.0 Å². The summed E-state index contributed by atoms with van der Waals surface area (Å²) in [7, 11) is 0. The maximum Gasteiger partial charge on any atom is 0.196 e. The Morgan fingerprint density at radius 3 is 2.43 bits per heavy atom. The van der Waals surface area contributed by atoms with Gasteiger partial charge in [-0.25, -0.2) is 0 Å². The highest BCUT2D eigenvalue weighted by Gasteiger charge is 2.22. The summed E-state index contributed by atoms with van der Waals surface area (Å²) in [6.07, 6.45) is 1.87. The van der Waals surface area contributed by atoms with E-state index in [0.717, 1.165) is 16.3 Å². The number of fused-ring (bicyclic) bond motifs is 2. The van der Waals surface area contributed by atoms with E-state index in [0.29, 0.717) is 49.7 Å². The van der Waals surface area contributed by atoms with Crippen LogP contribution in [0.5, 0.6) is 17.2 Å². The van der Waals surface area contributed by atoms with Crippen LogP contribution in [0.2, 0.25) is 0 Å². The molecule has 6 aromatic rings. The number of aromatic nitrogens is 1. The van der Waals surface area contributed by atoms with Crippen LogP contribution in [0.15, 0.2) is 94.8 Å². The highest BCUT2D eigenvalue weighted by atomic mass is 16.5. The first-order valence-corrected chi connectivity index (χ1v) is 12.1. The van der Waals surface area contributed by atoms with Crippen LogP contribution >= 0.6 is 0 Å². The number of phenolic OH excluding ortho intramolecular Hbond substituents is 1. The highest BCUT2D eigenvalue weighted by Crippen LogP contribution is 2.42. The number of aliphatic hydroxyl groups excluding tert-OH is 1. The molecule has 0 amide bonds. The van der Waals surface area contributed by atoms with Crippen molar-refractivity contribution in [1.82, 2.24) is 4.98 Å². The number of aryl methyl sites for hydroxylation is 1. The third-order valence-electron chi connectivity index (χ3n) is 6.61. The second kappa shape index (κ2) is 9.08. The van der Waals surface area contributed by atoms with Gasteiger partial charge in [-0.1, -0.05) is 48.5 Å². The number of H-pyrrole nitrogens is 1. The maximum absolute atomic E-state index is 13.9. The number of phenols is 1. The number of aromatic amines is 1. The minimum Gasteiger partial charge on any atom is -0.507 e. The molecule has 37 heavy (non-hydrogen) atoms. The Morgan fingerprint density at radius 2 is 1.65 bits per heavy atom. The molecule has 0 saturated heterocycles. The van der Waals surface area contributed by atoms with Crippen LogP contribution in [-0.2, 0) is 0 Å². The number of benzene rings is 5. The van der Waals surface area contributed by atoms with Crippen LogP contribution in [0, 0.1) is 6.92 Å². The molecule has 0 aliphatic rings. The first kappa shape index (κ1) is 22.8. The Balaban J connectivity index is 1.84. The SMILES string of the molecule is Cc1cccc(Oc2cc(=NCCO)c3c(=O)c4ccccc4c4c[nH]c(-c5ccccc5O)c2c34)c1. The minimum atomic E-state index is -0.144. The van der Waals surface area contributed by atoms with Crippen LogP contribution in [0.4, 0.5) is 0 Å². The molecule has 0 spiro atoms. The van der Waals surface area contributed by atoms with E-state index >= 15 is 0 Å². The van der Waals surface area contributed by atoms with Gasteiger partial charge in [-0.05, 0) is 42.1 Å². The summed E-state index contributed by atoms with van der Waals surface area (Å²) in [6.45, 7) is 2.00. The molecule has 6 nitrogen and oxygen atoms in total. The van der Waals surface area contributed by atoms with Crippen LogP contribution < -0.4 is 15.5 Å². The number of rotatable bonds is 5. The zero-order valence-electron chi connectivity index (χ0n) is 20.2. The maximum atomic E-state index is 13.9. The number of hydrogen-bond donors (Lipinski definition) is 3. The van der Waals surface area contributed by atoms with E-state index < -0.39 is 0 Å². The molecule has 1 aromatic heterocycles. The van der Waals surface area contributed by atoms with Gasteiger partial charge in [0.15, 0.2) is 5.43 Å².